The molecule has 2 unspecified atom stereocenters. The van der Waals surface area contributed by atoms with Crippen LogP contribution in [-0.2, 0) is 15.8 Å². The van der Waals surface area contributed by atoms with Crippen molar-refractivity contribution in [3.63, 3.8) is 0 Å². The molecule has 0 aliphatic carbocycles. The lowest BCUT2D eigenvalue weighted by Crippen LogP contribution is -2.55. The molecule has 45 heavy (non-hydrogen) atoms. The number of nitrogens with zero attached hydrogens (tertiary/aromatic N) is 3. The molecule has 8 nitrogen and oxygen atoms in total. The first-order valence-electron chi connectivity index (χ1n) is 14.3. The highest BCUT2D eigenvalue weighted by Gasteiger charge is 2.46. The zero-order chi connectivity index (χ0) is 31.9. The van der Waals surface area contributed by atoms with Crippen LogP contribution in [0.15, 0.2) is 84.6 Å². The van der Waals surface area contributed by atoms with Crippen LogP contribution >= 0.6 is 0 Å². The lowest BCUT2D eigenvalue weighted by molar-refractivity contribution is -0.137. The molecule has 1 fully saturated rings. The Labute approximate surface area is 255 Å². The molecule has 6 rings (SSSR count). The summed E-state index contributed by atoms with van der Waals surface area (Å²) in [5.74, 6) is -2.58. The van der Waals surface area contributed by atoms with Crippen molar-refractivity contribution in [2.75, 3.05) is 11.4 Å². The number of allylic oxidation sites excluding steroid dienone is 1. The topological polar surface area (TPSA) is 96.3 Å². The van der Waals surface area contributed by atoms with E-state index in [1.165, 1.54) is 35.2 Å². The molecule has 1 saturated heterocycles. The number of hydrogen-bond acceptors (Lipinski definition) is 4. The monoisotopic (exact) mass is 617 g/mol. The molecule has 0 spiro atoms. The average molecular weight is 618 g/mol. The lowest BCUT2D eigenvalue weighted by Gasteiger charge is -2.38. The molecule has 0 saturated carbocycles. The third kappa shape index (κ3) is 5.70. The van der Waals surface area contributed by atoms with Gasteiger partial charge in [-0.25, -0.2) is 9.07 Å². The van der Waals surface area contributed by atoms with Crippen LogP contribution in [0.2, 0.25) is 0 Å². The van der Waals surface area contributed by atoms with Crippen molar-refractivity contribution in [1.82, 2.24) is 20.4 Å². The summed E-state index contributed by atoms with van der Waals surface area (Å²) in [7, 11) is 0. The maximum atomic E-state index is 14.3. The number of alkyl halides is 3. The van der Waals surface area contributed by atoms with Crippen molar-refractivity contribution in [1.29, 1.82) is 0 Å². The Hall–Kier alpha value is -5.26. The van der Waals surface area contributed by atoms with Gasteiger partial charge in [0, 0.05) is 35.7 Å². The fourth-order valence-electron chi connectivity index (χ4n) is 5.80. The Balaban J connectivity index is 1.55. The second-order valence-electron chi connectivity index (χ2n) is 10.7. The minimum absolute atomic E-state index is 0.149. The van der Waals surface area contributed by atoms with Gasteiger partial charge in [0.15, 0.2) is 0 Å². The average Bonchev–Trinajstić information content (AvgIpc) is 3.61. The molecule has 0 radical (unpaired) electrons. The standard InChI is InChI=1S/C33H27F4N5O3/c1-2-41-31-28(25(18-23-15-16-26(43)38-23)40-42(31)24-9-4-3-5-10-24)27(19-11-13-22(34)14-12-19)29(32(41)45)39-30(44)20-7-6-8-21(17-20)33(35,36)37/h3-14,17-18,27,29H,2,15-16H2,1H3,(H,38,43)(H,39,44)/b23-18+. The fraction of sp³-hybridized carbons (Fsp3) is 0.212. The first-order chi connectivity index (χ1) is 21.5. The highest BCUT2D eigenvalue weighted by Crippen LogP contribution is 2.44. The fourth-order valence-corrected chi connectivity index (χ4v) is 5.80. The molecule has 2 aliphatic heterocycles. The van der Waals surface area contributed by atoms with E-state index in [9.17, 15) is 31.9 Å². The number of anilines is 1. The van der Waals surface area contributed by atoms with Crippen LogP contribution in [0.4, 0.5) is 23.4 Å². The number of aromatic nitrogens is 2. The third-order valence-electron chi connectivity index (χ3n) is 7.87. The molecule has 4 aromatic rings. The van der Waals surface area contributed by atoms with Crippen LogP contribution < -0.4 is 15.5 Å². The molecule has 2 N–H and O–H groups in total. The van der Waals surface area contributed by atoms with Gasteiger partial charge in [-0.15, -0.1) is 0 Å². The van der Waals surface area contributed by atoms with Crippen LogP contribution in [0.1, 0.15) is 58.4 Å². The van der Waals surface area contributed by atoms with Crippen molar-refractivity contribution < 1.29 is 31.9 Å². The molecule has 12 heteroatoms. The quantitative estimate of drug-likeness (QED) is 0.276. The summed E-state index contributed by atoms with van der Waals surface area (Å²) in [6, 6.07) is 17.2. The zero-order valence-corrected chi connectivity index (χ0v) is 23.9. The van der Waals surface area contributed by atoms with Gasteiger partial charge in [0.2, 0.25) is 5.91 Å². The van der Waals surface area contributed by atoms with Crippen LogP contribution in [0.5, 0.6) is 0 Å². The Bertz CT molecular complexity index is 1820. The predicted octanol–water partition coefficient (Wildman–Crippen LogP) is 5.58. The summed E-state index contributed by atoms with van der Waals surface area (Å²) in [4.78, 5) is 41.3. The maximum absolute atomic E-state index is 14.3. The highest BCUT2D eigenvalue weighted by molar-refractivity contribution is 6.06. The zero-order valence-electron chi connectivity index (χ0n) is 23.9. The number of para-hydroxylation sites is 1. The van der Waals surface area contributed by atoms with Crippen LogP contribution in [0.25, 0.3) is 11.8 Å². The van der Waals surface area contributed by atoms with Gasteiger partial charge in [0.25, 0.3) is 11.8 Å². The first kappa shape index (κ1) is 29.8. The Kier molecular flexibility index (Phi) is 7.73. The summed E-state index contributed by atoms with van der Waals surface area (Å²) in [5.41, 5.74) is 1.38. The van der Waals surface area contributed by atoms with Crippen molar-refractivity contribution in [2.24, 2.45) is 0 Å². The summed E-state index contributed by atoms with van der Waals surface area (Å²) in [6.45, 7) is 1.92. The molecular formula is C33H27F4N5O3. The molecule has 230 valence electrons. The molecule has 3 aromatic carbocycles. The van der Waals surface area contributed by atoms with E-state index >= 15 is 0 Å². The van der Waals surface area contributed by atoms with E-state index in [0.717, 1.165) is 18.2 Å². The first-order valence-corrected chi connectivity index (χ1v) is 14.3. The van der Waals surface area contributed by atoms with Crippen molar-refractivity contribution >= 4 is 29.6 Å². The lowest BCUT2D eigenvalue weighted by atomic mass is 9.80. The van der Waals surface area contributed by atoms with Crippen molar-refractivity contribution in [3.8, 4) is 5.69 Å². The molecule has 3 heterocycles. The van der Waals surface area contributed by atoms with E-state index in [1.807, 2.05) is 30.3 Å². The van der Waals surface area contributed by atoms with Gasteiger partial charge in [0.1, 0.15) is 17.7 Å². The van der Waals surface area contributed by atoms with Gasteiger partial charge in [-0.05, 0) is 67.4 Å². The number of carbonyl (C=O) groups excluding carboxylic acids is 3. The number of carbonyl (C=O) groups is 3. The Morgan fingerprint density at radius 1 is 1.02 bits per heavy atom. The van der Waals surface area contributed by atoms with Crippen LogP contribution in [0.3, 0.4) is 0 Å². The van der Waals surface area contributed by atoms with E-state index in [-0.39, 0.29) is 18.0 Å². The van der Waals surface area contributed by atoms with Gasteiger partial charge < -0.3 is 10.6 Å². The number of benzene rings is 3. The van der Waals surface area contributed by atoms with E-state index < -0.39 is 41.3 Å². The van der Waals surface area contributed by atoms with E-state index in [0.29, 0.717) is 46.9 Å². The normalized spacial score (nSPS) is 19.0. The summed E-state index contributed by atoms with van der Waals surface area (Å²) in [5, 5.41) is 10.4. The highest BCUT2D eigenvalue weighted by atomic mass is 19.4. The minimum atomic E-state index is -4.68. The number of likely N-dealkylation sites (N-methyl/N-ethyl adjacent to an activating group) is 1. The molecular weight excluding hydrogens is 590 g/mol. The van der Waals surface area contributed by atoms with Gasteiger partial charge in [-0.2, -0.15) is 18.3 Å². The summed E-state index contributed by atoms with van der Waals surface area (Å²) >= 11 is 0. The van der Waals surface area contributed by atoms with E-state index in [4.69, 9.17) is 5.10 Å². The second kappa shape index (κ2) is 11.7. The number of halogens is 4. The maximum Gasteiger partial charge on any atom is 0.416 e. The Morgan fingerprint density at radius 3 is 2.40 bits per heavy atom. The van der Waals surface area contributed by atoms with Gasteiger partial charge in [-0.1, -0.05) is 36.4 Å². The van der Waals surface area contributed by atoms with Crippen molar-refractivity contribution in [3.05, 3.63) is 118 Å². The van der Waals surface area contributed by atoms with Gasteiger partial charge in [-0.3, -0.25) is 19.3 Å². The summed E-state index contributed by atoms with van der Waals surface area (Å²) in [6.07, 6.45) is -2.22. The SMILES string of the molecule is CCN1C(=O)C(NC(=O)c2cccc(C(F)(F)F)c2)C(c2ccc(F)cc2)c2c(/C=C3\CCC(=O)N3)nn(-c3ccccc3)c21. The largest absolute Gasteiger partial charge is 0.416 e. The predicted molar refractivity (Wildman–Crippen MR) is 158 cm³/mol. The van der Waals surface area contributed by atoms with E-state index in [2.05, 4.69) is 10.6 Å². The minimum Gasteiger partial charge on any atom is -0.339 e. The molecule has 2 aliphatic rings. The number of rotatable bonds is 6. The number of hydrogen-bond donors (Lipinski definition) is 2. The smallest absolute Gasteiger partial charge is 0.339 e. The summed E-state index contributed by atoms with van der Waals surface area (Å²) < 4.78 is 56.1. The molecule has 1 aromatic heterocycles. The number of amides is 3. The van der Waals surface area contributed by atoms with Gasteiger partial charge in [0.05, 0.1) is 16.9 Å². The third-order valence-corrected chi connectivity index (χ3v) is 7.87. The Morgan fingerprint density at radius 2 is 1.76 bits per heavy atom. The number of nitrogens with one attached hydrogen (secondary N) is 2. The molecule has 0 bridgehead atoms. The van der Waals surface area contributed by atoms with Crippen LogP contribution in [0, 0.1) is 5.82 Å². The molecule has 2 atom stereocenters. The van der Waals surface area contributed by atoms with E-state index in [1.54, 1.807) is 17.7 Å². The molecule has 3 amide bonds. The van der Waals surface area contributed by atoms with Crippen molar-refractivity contribution in [2.45, 2.75) is 37.9 Å². The number of fused-ring (bicyclic) bond motifs is 1. The second-order valence-corrected chi connectivity index (χ2v) is 10.7. The van der Waals surface area contributed by atoms with Gasteiger partial charge >= 0.3 is 6.18 Å². The van der Waals surface area contributed by atoms with Crippen LogP contribution in [-0.4, -0.2) is 40.1 Å².